The molecule has 0 radical (unpaired) electrons. The van der Waals surface area contributed by atoms with Crippen LogP contribution in [0.25, 0.3) is 6.08 Å². The third kappa shape index (κ3) is 4.72. The van der Waals surface area contributed by atoms with Gasteiger partial charge in [0.05, 0.1) is 12.2 Å². The highest BCUT2D eigenvalue weighted by Crippen LogP contribution is 2.28. The third-order valence-electron chi connectivity index (χ3n) is 3.63. The van der Waals surface area contributed by atoms with Crippen LogP contribution in [0.1, 0.15) is 43.4 Å². The number of benzene rings is 1. The molecule has 2 aromatic rings. The SMILES string of the molecule is CCOC(=O)/C=C/c1ccc(Oc2[nH]c(=O)[nH]c(=O)c2C(C)C)c(C)c1. The van der Waals surface area contributed by atoms with E-state index in [0.717, 1.165) is 11.1 Å². The van der Waals surface area contributed by atoms with Gasteiger partial charge in [-0.15, -0.1) is 0 Å². The fourth-order valence-corrected chi connectivity index (χ4v) is 2.44. The van der Waals surface area contributed by atoms with Crippen LogP contribution in [0.2, 0.25) is 0 Å². The number of carbonyl (C=O) groups excluding carboxylic acids is 1. The number of hydrogen-bond acceptors (Lipinski definition) is 5. The molecule has 0 saturated carbocycles. The van der Waals surface area contributed by atoms with Crippen molar-refractivity contribution >= 4 is 12.0 Å². The maximum atomic E-state index is 12.0. The van der Waals surface area contributed by atoms with E-state index in [4.69, 9.17) is 9.47 Å². The van der Waals surface area contributed by atoms with Crippen LogP contribution < -0.4 is 16.0 Å². The van der Waals surface area contributed by atoms with E-state index < -0.39 is 17.2 Å². The molecule has 138 valence electrons. The van der Waals surface area contributed by atoms with Gasteiger partial charge in [0.2, 0.25) is 5.88 Å². The van der Waals surface area contributed by atoms with Crippen molar-refractivity contribution < 1.29 is 14.3 Å². The average Bonchev–Trinajstić information content (AvgIpc) is 2.54. The largest absolute Gasteiger partial charge is 0.463 e. The number of aromatic nitrogens is 2. The van der Waals surface area contributed by atoms with Crippen molar-refractivity contribution in [3.05, 3.63) is 61.8 Å². The number of ether oxygens (including phenoxy) is 2. The zero-order chi connectivity index (χ0) is 19.3. The summed E-state index contributed by atoms with van der Waals surface area (Å²) < 4.78 is 10.6. The molecule has 0 atom stereocenters. The van der Waals surface area contributed by atoms with Crippen molar-refractivity contribution in [1.29, 1.82) is 0 Å². The van der Waals surface area contributed by atoms with E-state index in [9.17, 15) is 14.4 Å². The van der Waals surface area contributed by atoms with Crippen molar-refractivity contribution in [3.8, 4) is 11.6 Å². The molecule has 0 aliphatic carbocycles. The Kier molecular flexibility index (Phi) is 6.16. The van der Waals surface area contributed by atoms with E-state index in [0.29, 0.717) is 17.9 Å². The second-order valence-electron chi connectivity index (χ2n) is 6.02. The Hall–Kier alpha value is -3.09. The van der Waals surface area contributed by atoms with Gasteiger partial charge in [-0.1, -0.05) is 19.9 Å². The molecule has 0 aliphatic rings. The first-order valence-electron chi connectivity index (χ1n) is 8.31. The summed E-state index contributed by atoms with van der Waals surface area (Å²) in [6.07, 6.45) is 2.99. The highest BCUT2D eigenvalue weighted by Gasteiger charge is 2.16. The molecule has 1 heterocycles. The van der Waals surface area contributed by atoms with Crippen LogP contribution in [-0.2, 0) is 9.53 Å². The molecular weight excluding hydrogens is 336 g/mol. The number of carbonyl (C=O) groups is 1. The lowest BCUT2D eigenvalue weighted by molar-refractivity contribution is -0.137. The Morgan fingerprint density at radius 2 is 1.96 bits per heavy atom. The summed E-state index contributed by atoms with van der Waals surface area (Å²) in [6.45, 7) is 7.57. The van der Waals surface area contributed by atoms with Crippen LogP contribution in [0.5, 0.6) is 11.6 Å². The summed E-state index contributed by atoms with van der Waals surface area (Å²) in [4.78, 5) is 39.7. The zero-order valence-corrected chi connectivity index (χ0v) is 15.2. The van der Waals surface area contributed by atoms with Crippen molar-refractivity contribution in [3.63, 3.8) is 0 Å². The summed E-state index contributed by atoms with van der Waals surface area (Å²) in [7, 11) is 0. The highest BCUT2D eigenvalue weighted by molar-refractivity contribution is 5.87. The maximum Gasteiger partial charge on any atom is 0.330 e. The average molecular weight is 358 g/mol. The molecule has 0 amide bonds. The predicted molar refractivity (Wildman–Crippen MR) is 98.7 cm³/mol. The van der Waals surface area contributed by atoms with Crippen LogP contribution in [0.15, 0.2) is 33.9 Å². The zero-order valence-electron chi connectivity index (χ0n) is 15.2. The Bertz CT molecular complexity index is 938. The fraction of sp³-hybridized carbons (Fsp3) is 0.316. The summed E-state index contributed by atoms with van der Waals surface area (Å²) >= 11 is 0. The Morgan fingerprint density at radius 1 is 1.23 bits per heavy atom. The lowest BCUT2D eigenvalue weighted by Gasteiger charge is -2.13. The van der Waals surface area contributed by atoms with Gasteiger partial charge >= 0.3 is 11.7 Å². The lowest BCUT2D eigenvalue weighted by Crippen LogP contribution is -2.26. The van der Waals surface area contributed by atoms with E-state index in [1.54, 1.807) is 25.1 Å². The Morgan fingerprint density at radius 3 is 2.58 bits per heavy atom. The molecule has 0 unspecified atom stereocenters. The summed E-state index contributed by atoms with van der Waals surface area (Å²) in [6, 6.07) is 5.30. The van der Waals surface area contributed by atoms with Crippen molar-refractivity contribution in [2.24, 2.45) is 0 Å². The first-order valence-corrected chi connectivity index (χ1v) is 8.31. The molecule has 7 nitrogen and oxygen atoms in total. The van der Waals surface area contributed by atoms with Gasteiger partial charge < -0.3 is 9.47 Å². The number of rotatable bonds is 6. The van der Waals surface area contributed by atoms with Gasteiger partial charge in [0.25, 0.3) is 5.56 Å². The van der Waals surface area contributed by atoms with E-state index in [2.05, 4.69) is 9.97 Å². The topological polar surface area (TPSA) is 101 Å². The standard InChI is InChI=1S/C19H22N2O5/c1-5-25-15(22)9-7-13-6-8-14(12(4)10-13)26-18-16(11(2)3)17(23)20-19(24)21-18/h6-11H,5H2,1-4H3,(H2,20,21,23,24)/b9-7+. The Balaban J connectivity index is 2.31. The molecule has 0 saturated heterocycles. The van der Waals surface area contributed by atoms with E-state index in [1.165, 1.54) is 6.08 Å². The lowest BCUT2D eigenvalue weighted by atomic mass is 10.1. The number of nitrogens with one attached hydrogen (secondary N) is 2. The second kappa shape index (κ2) is 8.33. The summed E-state index contributed by atoms with van der Waals surface area (Å²) in [5, 5.41) is 0. The molecule has 0 fully saturated rings. The number of aryl methyl sites for hydroxylation is 1. The van der Waals surface area contributed by atoms with Gasteiger partial charge in [-0.05, 0) is 49.1 Å². The van der Waals surface area contributed by atoms with Crippen molar-refractivity contribution in [2.45, 2.75) is 33.6 Å². The monoisotopic (exact) mass is 358 g/mol. The molecule has 1 aromatic heterocycles. The van der Waals surface area contributed by atoms with Crippen LogP contribution >= 0.6 is 0 Å². The highest BCUT2D eigenvalue weighted by atomic mass is 16.5. The van der Waals surface area contributed by atoms with Crippen molar-refractivity contribution in [1.82, 2.24) is 9.97 Å². The Labute approximate surface area is 150 Å². The van der Waals surface area contributed by atoms with Gasteiger partial charge in [0.15, 0.2) is 0 Å². The summed E-state index contributed by atoms with van der Waals surface area (Å²) in [5.74, 6) is 0.0962. The number of aromatic amines is 2. The van der Waals surface area contributed by atoms with E-state index in [1.807, 2.05) is 26.8 Å². The van der Waals surface area contributed by atoms with Crippen LogP contribution in [-0.4, -0.2) is 22.5 Å². The van der Waals surface area contributed by atoms with Gasteiger partial charge in [-0.3, -0.25) is 14.8 Å². The molecule has 26 heavy (non-hydrogen) atoms. The molecule has 7 heteroatoms. The fourth-order valence-electron chi connectivity index (χ4n) is 2.44. The number of esters is 1. The minimum Gasteiger partial charge on any atom is -0.463 e. The normalized spacial score (nSPS) is 11.1. The van der Waals surface area contributed by atoms with Gasteiger partial charge in [-0.2, -0.15) is 0 Å². The van der Waals surface area contributed by atoms with Crippen LogP contribution in [0.4, 0.5) is 0 Å². The first kappa shape index (κ1) is 19.2. The van der Waals surface area contributed by atoms with Crippen molar-refractivity contribution in [2.75, 3.05) is 6.61 Å². The van der Waals surface area contributed by atoms with E-state index in [-0.39, 0.29) is 11.8 Å². The smallest absolute Gasteiger partial charge is 0.330 e. The minimum absolute atomic E-state index is 0.127. The minimum atomic E-state index is -0.624. The first-order chi connectivity index (χ1) is 12.3. The maximum absolute atomic E-state index is 12.0. The van der Waals surface area contributed by atoms with Gasteiger partial charge in [0, 0.05) is 6.08 Å². The second-order valence-corrected chi connectivity index (χ2v) is 6.02. The van der Waals surface area contributed by atoms with Crippen LogP contribution in [0.3, 0.4) is 0 Å². The predicted octanol–water partition coefficient (Wildman–Crippen LogP) is 2.86. The van der Waals surface area contributed by atoms with E-state index >= 15 is 0 Å². The molecule has 0 aliphatic heterocycles. The number of H-pyrrole nitrogens is 2. The molecule has 1 aromatic carbocycles. The molecule has 2 rings (SSSR count). The molecule has 0 bridgehead atoms. The number of hydrogen-bond donors (Lipinski definition) is 2. The van der Waals surface area contributed by atoms with Gasteiger partial charge in [0.1, 0.15) is 5.75 Å². The van der Waals surface area contributed by atoms with Gasteiger partial charge in [-0.25, -0.2) is 9.59 Å². The molecule has 0 spiro atoms. The molecule has 2 N–H and O–H groups in total. The molecular formula is C19H22N2O5. The third-order valence-corrected chi connectivity index (χ3v) is 3.63. The summed E-state index contributed by atoms with van der Waals surface area (Å²) in [5.41, 5.74) is 0.861. The quantitative estimate of drug-likeness (QED) is 0.611. The van der Waals surface area contributed by atoms with Crippen LogP contribution in [0, 0.1) is 6.92 Å².